The van der Waals surface area contributed by atoms with E-state index >= 15 is 0 Å². The fourth-order valence-corrected chi connectivity index (χ4v) is 1.47. The van der Waals surface area contributed by atoms with Gasteiger partial charge in [-0.2, -0.15) is 0 Å². The largest absolute Gasteiger partial charge is 0.463 e. The average molecular weight is 276 g/mol. The number of unbranched alkanes of at least 4 members (excludes halogenated alkanes) is 1. The Hall–Kier alpha value is -2.10. The third-order valence-corrected chi connectivity index (χ3v) is 2.58. The first-order valence-electron chi connectivity index (χ1n) is 6.79. The van der Waals surface area contributed by atoms with E-state index in [-0.39, 0.29) is 11.9 Å². The molecule has 0 bridgehead atoms. The zero-order valence-electron chi connectivity index (χ0n) is 11.9. The minimum Gasteiger partial charge on any atom is -0.463 e. The first-order valence-corrected chi connectivity index (χ1v) is 6.79. The van der Waals surface area contributed by atoms with Crippen LogP contribution in [0.2, 0.25) is 0 Å². The van der Waals surface area contributed by atoms with Crippen molar-refractivity contribution in [1.82, 2.24) is 0 Å². The van der Waals surface area contributed by atoms with Crippen LogP contribution >= 0.6 is 0 Å². The van der Waals surface area contributed by atoms with Crippen LogP contribution < -0.4 is 0 Å². The van der Waals surface area contributed by atoms with Crippen LogP contribution in [0.4, 0.5) is 0 Å². The van der Waals surface area contributed by atoms with E-state index in [2.05, 4.69) is 0 Å². The monoisotopic (exact) mass is 276 g/mol. The SMILES string of the molecule is CCCCOC(=O)/C=C/c1ccc(C(=O)OCC)cc1. The van der Waals surface area contributed by atoms with Crippen molar-refractivity contribution in [3.8, 4) is 0 Å². The first kappa shape index (κ1) is 16.0. The van der Waals surface area contributed by atoms with Crippen LogP contribution in [0.25, 0.3) is 6.08 Å². The Morgan fingerprint density at radius 2 is 1.80 bits per heavy atom. The standard InChI is InChI=1S/C16H20O4/c1-3-5-12-20-15(17)11-8-13-6-9-14(10-7-13)16(18)19-4-2/h6-11H,3-5,12H2,1-2H3/b11-8+. The highest BCUT2D eigenvalue weighted by atomic mass is 16.5. The quantitative estimate of drug-likeness (QED) is 0.436. The average Bonchev–Trinajstić information content (AvgIpc) is 2.46. The maximum Gasteiger partial charge on any atom is 0.338 e. The summed E-state index contributed by atoms with van der Waals surface area (Å²) in [5.41, 5.74) is 1.32. The molecule has 0 unspecified atom stereocenters. The summed E-state index contributed by atoms with van der Waals surface area (Å²) in [6, 6.07) is 6.84. The van der Waals surface area contributed by atoms with Crippen LogP contribution in [0.1, 0.15) is 42.6 Å². The lowest BCUT2D eigenvalue weighted by molar-refractivity contribution is -0.137. The molecule has 1 aromatic carbocycles. The lowest BCUT2D eigenvalue weighted by Gasteiger charge is -2.02. The van der Waals surface area contributed by atoms with Gasteiger partial charge in [0.25, 0.3) is 0 Å². The lowest BCUT2D eigenvalue weighted by atomic mass is 10.1. The minimum absolute atomic E-state index is 0.345. The van der Waals surface area contributed by atoms with E-state index < -0.39 is 0 Å². The normalized spacial score (nSPS) is 10.5. The molecular weight excluding hydrogens is 256 g/mol. The molecule has 1 aromatic rings. The molecule has 0 saturated carbocycles. The second-order valence-corrected chi connectivity index (χ2v) is 4.20. The molecule has 0 N–H and O–H groups in total. The van der Waals surface area contributed by atoms with Gasteiger partial charge >= 0.3 is 11.9 Å². The summed E-state index contributed by atoms with van der Waals surface area (Å²) in [5, 5.41) is 0. The molecule has 0 amide bonds. The summed E-state index contributed by atoms with van der Waals surface area (Å²) in [7, 11) is 0. The molecule has 1 rings (SSSR count). The van der Waals surface area contributed by atoms with Gasteiger partial charge in [0, 0.05) is 6.08 Å². The predicted molar refractivity (Wildman–Crippen MR) is 77.3 cm³/mol. The van der Waals surface area contributed by atoms with Crippen LogP contribution in [0.3, 0.4) is 0 Å². The zero-order chi connectivity index (χ0) is 14.8. The van der Waals surface area contributed by atoms with Crippen molar-refractivity contribution in [3.05, 3.63) is 41.5 Å². The Bertz CT molecular complexity index is 460. The molecule has 0 aliphatic carbocycles. The highest BCUT2D eigenvalue weighted by Crippen LogP contribution is 2.08. The van der Waals surface area contributed by atoms with Gasteiger partial charge in [-0.1, -0.05) is 25.5 Å². The van der Waals surface area contributed by atoms with Gasteiger partial charge < -0.3 is 9.47 Å². The summed E-state index contributed by atoms with van der Waals surface area (Å²) >= 11 is 0. The van der Waals surface area contributed by atoms with Gasteiger partial charge in [0.15, 0.2) is 0 Å². The van der Waals surface area contributed by atoms with Crippen LogP contribution in [-0.4, -0.2) is 25.2 Å². The van der Waals surface area contributed by atoms with Gasteiger partial charge in [0.1, 0.15) is 0 Å². The molecule has 0 spiro atoms. The number of hydrogen-bond donors (Lipinski definition) is 0. The molecule has 0 atom stereocenters. The first-order chi connectivity index (χ1) is 9.67. The number of carbonyl (C=O) groups is 2. The van der Waals surface area contributed by atoms with E-state index in [9.17, 15) is 9.59 Å². The van der Waals surface area contributed by atoms with E-state index in [0.29, 0.717) is 18.8 Å². The fraction of sp³-hybridized carbons (Fsp3) is 0.375. The second kappa shape index (κ2) is 8.91. The van der Waals surface area contributed by atoms with Crippen molar-refractivity contribution in [2.45, 2.75) is 26.7 Å². The van der Waals surface area contributed by atoms with Crippen molar-refractivity contribution in [2.24, 2.45) is 0 Å². The number of carbonyl (C=O) groups excluding carboxylic acids is 2. The highest BCUT2D eigenvalue weighted by molar-refractivity contribution is 5.90. The number of esters is 2. The summed E-state index contributed by atoms with van der Waals surface area (Å²) in [6.07, 6.45) is 4.90. The van der Waals surface area contributed by atoms with Gasteiger partial charge in [-0.25, -0.2) is 9.59 Å². The fourth-order valence-electron chi connectivity index (χ4n) is 1.47. The Labute approximate surface area is 119 Å². The highest BCUT2D eigenvalue weighted by Gasteiger charge is 2.04. The number of rotatable bonds is 7. The van der Waals surface area contributed by atoms with Gasteiger partial charge in [-0.15, -0.1) is 0 Å². The van der Waals surface area contributed by atoms with Crippen LogP contribution in [0, 0.1) is 0 Å². The minimum atomic E-state index is -0.354. The number of hydrogen-bond acceptors (Lipinski definition) is 4. The summed E-state index contributed by atoms with van der Waals surface area (Å²) in [6.45, 7) is 4.60. The van der Waals surface area contributed by atoms with Crippen molar-refractivity contribution in [2.75, 3.05) is 13.2 Å². The van der Waals surface area contributed by atoms with E-state index in [1.165, 1.54) is 6.08 Å². The number of benzene rings is 1. The second-order valence-electron chi connectivity index (χ2n) is 4.20. The van der Waals surface area contributed by atoms with Gasteiger partial charge in [0.2, 0.25) is 0 Å². The molecule has 0 saturated heterocycles. The molecule has 20 heavy (non-hydrogen) atoms. The van der Waals surface area contributed by atoms with Gasteiger partial charge in [-0.3, -0.25) is 0 Å². The smallest absolute Gasteiger partial charge is 0.338 e. The van der Waals surface area contributed by atoms with E-state index in [0.717, 1.165) is 18.4 Å². The Kier molecular flexibility index (Phi) is 7.11. The summed E-state index contributed by atoms with van der Waals surface area (Å²) < 4.78 is 9.89. The van der Waals surface area contributed by atoms with Crippen molar-refractivity contribution >= 4 is 18.0 Å². The van der Waals surface area contributed by atoms with Gasteiger partial charge in [0.05, 0.1) is 18.8 Å². The van der Waals surface area contributed by atoms with Crippen LogP contribution in [0.5, 0.6) is 0 Å². The maximum absolute atomic E-state index is 11.5. The van der Waals surface area contributed by atoms with Crippen LogP contribution in [-0.2, 0) is 14.3 Å². The lowest BCUT2D eigenvalue weighted by Crippen LogP contribution is -2.04. The molecule has 0 radical (unpaired) electrons. The Balaban J connectivity index is 2.52. The Morgan fingerprint density at radius 3 is 2.40 bits per heavy atom. The zero-order valence-corrected chi connectivity index (χ0v) is 11.9. The van der Waals surface area contributed by atoms with Gasteiger partial charge in [-0.05, 0) is 37.1 Å². The third-order valence-electron chi connectivity index (χ3n) is 2.58. The summed E-state index contributed by atoms with van der Waals surface area (Å²) in [4.78, 5) is 22.8. The van der Waals surface area contributed by atoms with Crippen molar-refractivity contribution in [1.29, 1.82) is 0 Å². The molecule has 0 aromatic heterocycles. The maximum atomic E-state index is 11.5. The molecule has 4 heteroatoms. The molecular formula is C16H20O4. The summed E-state index contributed by atoms with van der Waals surface area (Å²) in [5.74, 6) is -0.699. The Morgan fingerprint density at radius 1 is 1.10 bits per heavy atom. The van der Waals surface area contributed by atoms with E-state index in [1.54, 1.807) is 37.3 Å². The van der Waals surface area contributed by atoms with Crippen molar-refractivity contribution < 1.29 is 19.1 Å². The van der Waals surface area contributed by atoms with Crippen molar-refractivity contribution in [3.63, 3.8) is 0 Å². The third kappa shape index (κ3) is 5.69. The molecule has 108 valence electrons. The van der Waals surface area contributed by atoms with E-state index in [4.69, 9.17) is 9.47 Å². The van der Waals surface area contributed by atoms with Crippen LogP contribution in [0.15, 0.2) is 30.3 Å². The van der Waals surface area contributed by atoms with E-state index in [1.807, 2.05) is 6.92 Å². The topological polar surface area (TPSA) is 52.6 Å². The molecule has 0 aliphatic rings. The molecule has 4 nitrogen and oxygen atoms in total. The number of ether oxygens (including phenoxy) is 2. The molecule has 0 fully saturated rings. The predicted octanol–water partition coefficient (Wildman–Crippen LogP) is 3.22. The molecule has 0 heterocycles. The molecule has 0 aliphatic heterocycles.